The van der Waals surface area contributed by atoms with Crippen LogP contribution in [0.5, 0.6) is 5.75 Å². The smallest absolute Gasteiger partial charge is 0.307 e. The monoisotopic (exact) mass is 293 g/mol. The van der Waals surface area contributed by atoms with E-state index in [1.54, 1.807) is 18.2 Å². The lowest BCUT2D eigenvalue weighted by molar-refractivity contribution is -0.143. The average Bonchev–Trinajstić information content (AvgIpc) is 2.38. The van der Waals surface area contributed by atoms with Crippen molar-refractivity contribution in [3.05, 3.63) is 23.8 Å². The Kier molecular flexibility index (Phi) is 4.11. The van der Waals surface area contributed by atoms with Gasteiger partial charge in [-0.1, -0.05) is 6.07 Å². The van der Waals surface area contributed by atoms with Crippen LogP contribution in [-0.2, 0) is 14.4 Å². The summed E-state index contributed by atoms with van der Waals surface area (Å²) >= 11 is 0. The van der Waals surface area contributed by atoms with E-state index in [1.807, 2.05) is 6.92 Å². The van der Waals surface area contributed by atoms with Gasteiger partial charge in [-0.25, -0.2) is 0 Å². The Morgan fingerprint density at radius 1 is 1.29 bits per heavy atom. The number of hydrogen-bond acceptors (Lipinski definition) is 4. The third-order valence-electron chi connectivity index (χ3n) is 3.13. The first-order valence-corrected chi connectivity index (χ1v) is 6.40. The van der Waals surface area contributed by atoms with Gasteiger partial charge in [0.05, 0.1) is 18.5 Å². The molecule has 2 rings (SSSR count). The number of carbonyl (C=O) groups excluding carboxylic acids is 1. The fourth-order valence-corrected chi connectivity index (χ4v) is 2.16. The summed E-state index contributed by atoms with van der Waals surface area (Å²) in [7, 11) is 0. The second-order valence-electron chi connectivity index (χ2n) is 4.81. The summed E-state index contributed by atoms with van der Waals surface area (Å²) in [6.07, 6.45) is -1.82. The van der Waals surface area contributed by atoms with E-state index in [0.29, 0.717) is 11.4 Å². The first-order valence-electron chi connectivity index (χ1n) is 6.40. The average molecular weight is 293 g/mol. The van der Waals surface area contributed by atoms with Gasteiger partial charge in [0.25, 0.3) is 5.91 Å². The largest absolute Gasteiger partial charge is 0.481 e. The van der Waals surface area contributed by atoms with Crippen LogP contribution in [0.25, 0.3) is 0 Å². The van der Waals surface area contributed by atoms with Crippen LogP contribution in [0.1, 0.15) is 18.4 Å². The molecule has 1 unspecified atom stereocenters. The lowest BCUT2D eigenvalue weighted by Gasteiger charge is -2.33. The number of hydrogen-bond donors (Lipinski definition) is 2. The highest BCUT2D eigenvalue weighted by Crippen LogP contribution is 2.35. The van der Waals surface area contributed by atoms with E-state index in [9.17, 15) is 14.4 Å². The summed E-state index contributed by atoms with van der Waals surface area (Å²) in [6.45, 7) is 1.81. The van der Waals surface area contributed by atoms with Gasteiger partial charge in [-0.3, -0.25) is 14.4 Å². The number of carboxylic acid groups (broad SMARTS) is 2. The number of carbonyl (C=O) groups is 3. The summed E-state index contributed by atoms with van der Waals surface area (Å²) < 4.78 is 5.43. The van der Waals surface area contributed by atoms with Crippen molar-refractivity contribution in [3.63, 3.8) is 0 Å². The van der Waals surface area contributed by atoms with Crippen LogP contribution < -0.4 is 9.64 Å². The number of amides is 1. The fourth-order valence-electron chi connectivity index (χ4n) is 2.16. The Bertz CT molecular complexity index is 597. The van der Waals surface area contributed by atoms with Crippen LogP contribution in [0.15, 0.2) is 18.2 Å². The maximum Gasteiger partial charge on any atom is 0.307 e. The zero-order valence-corrected chi connectivity index (χ0v) is 11.4. The molecule has 1 aromatic rings. The van der Waals surface area contributed by atoms with Crippen molar-refractivity contribution in [2.75, 3.05) is 11.4 Å². The minimum Gasteiger partial charge on any atom is -0.481 e. The molecule has 0 spiro atoms. The molecule has 7 heteroatoms. The molecular formula is C14H15NO6. The molecule has 0 aromatic heterocycles. The highest BCUT2D eigenvalue weighted by atomic mass is 16.5. The van der Waals surface area contributed by atoms with Crippen LogP contribution in [0.4, 0.5) is 5.69 Å². The van der Waals surface area contributed by atoms with Crippen molar-refractivity contribution >= 4 is 23.5 Å². The van der Waals surface area contributed by atoms with E-state index in [0.717, 1.165) is 5.56 Å². The van der Waals surface area contributed by atoms with Crippen molar-refractivity contribution in [3.8, 4) is 5.75 Å². The topological polar surface area (TPSA) is 104 Å². The zero-order valence-electron chi connectivity index (χ0n) is 11.4. The van der Waals surface area contributed by atoms with Gasteiger partial charge < -0.3 is 19.8 Å². The molecule has 1 atom stereocenters. The molecule has 7 nitrogen and oxygen atoms in total. The maximum absolute atomic E-state index is 12.3. The molecule has 2 N–H and O–H groups in total. The number of fused-ring (bicyclic) bond motifs is 1. The molecule has 0 saturated carbocycles. The standard InChI is InChI=1S/C14H15NO6/c1-8-2-3-10-9(6-8)15(5-4-12(16)17)14(20)11(21-10)7-13(18)19/h2-3,6,11H,4-5,7H2,1H3,(H,16,17)(H,18,19). The predicted octanol–water partition coefficient (Wildman–Crippen LogP) is 1.04. The maximum atomic E-state index is 12.3. The van der Waals surface area contributed by atoms with Gasteiger partial charge in [-0.2, -0.15) is 0 Å². The highest BCUT2D eigenvalue weighted by Gasteiger charge is 2.35. The van der Waals surface area contributed by atoms with E-state index in [1.165, 1.54) is 4.90 Å². The van der Waals surface area contributed by atoms with Crippen LogP contribution >= 0.6 is 0 Å². The molecule has 0 fully saturated rings. The van der Waals surface area contributed by atoms with Crippen LogP contribution in [0.2, 0.25) is 0 Å². The molecular weight excluding hydrogens is 278 g/mol. The number of ether oxygens (including phenoxy) is 1. The van der Waals surface area contributed by atoms with Crippen LogP contribution in [0.3, 0.4) is 0 Å². The third-order valence-corrected chi connectivity index (χ3v) is 3.13. The second-order valence-corrected chi connectivity index (χ2v) is 4.81. The lowest BCUT2D eigenvalue weighted by atomic mass is 10.1. The number of carboxylic acids is 2. The summed E-state index contributed by atoms with van der Waals surface area (Å²) in [5.74, 6) is -2.33. The van der Waals surface area contributed by atoms with E-state index >= 15 is 0 Å². The molecule has 1 aliphatic rings. The Labute approximate surface area is 120 Å². The molecule has 1 aliphatic heterocycles. The van der Waals surface area contributed by atoms with Gasteiger partial charge in [0.1, 0.15) is 5.75 Å². The Morgan fingerprint density at radius 2 is 2.00 bits per heavy atom. The Balaban J connectivity index is 2.34. The predicted molar refractivity (Wildman–Crippen MR) is 72.5 cm³/mol. The van der Waals surface area contributed by atoms with Gasteiger partial charge >= 0.3 is 11.9 Å². The van der Waals surface area contributed by atoms with E-state index in [-0.39, 0.29) is 13.0 Å². The van der Waals surface area contributed by atoms with Crippen molar-refractivity contribution in [1.29, 1.82) is 0 Å². The van der Waals surface area contributed by atoms with Gasteiger partial charge in [-0.05, 0) is 24.6 Å². The molecule has 0 aliphatic carbocycles. The first-order chi connectivity index (χ1) is 9.88. The molecule has 0 radical (unpaired) electrons. The summed E-state index contributed by atoms with van der Waals surface area (Å²) in [5, 5.41) is 17.6. The third kappa shape index (κ3) is 3.31. The quantitative estimate of drug-likeness (QED) is 0.840. The fraction of sp³-hybridized carbons (Fsp3) is 0.357. The minimum atomic E-state index is -1.15. The number of aliphatic carboxylic acids is 2. The second kappa shape index (κ2) is 5.82. The summed E-state index contributed by atoms with van der Waals surface area (Å²) in [6, 6.07) is 5.15. The lowest BCUT2D eigenvalue weighted by Crippen LogP contribution is -2.47. The Morgan fingerprint density at radius 3 is 2.62 bits per heavy atom. The van der Waals surface area contributed by atoms with Gasteiger partial charge in [-0.15, -0.1) is 0 Å². The van der Waals surface area contributed by atoms with Crippen molar-refractivity contribution in [2.45, 2.75) is 25.9 Å². The number of rotatable bonds is 5. The van der Waals surface area contributed by atoms with Crippen LogP contribution in [0, 0.1) is 6.92 Å². The molecule has 112 valence electrons. The van der Waals surface area contributed by atoms with E-state index < -0.39 is 30.4 Å². The van der Waals surface area contributed by atoms with Crippen molar-refractivity contribution < 1.29 is 29.3 Å². The SMILES string of the molecule is Cc1ccc2c(c1)N(CCC(=O)O)C(=O)C(CC(=O)O)O2. The molecule has 1 aromatic carbocycles. The molecule has 1 heterocycles. The number of aryl methyl sites for hydroxylation is 1. The van der Waals surface area contributed by atoms with E-state index in [2.05, 4.69) is 0 Å². The number of benzene rings is 1. The molecule has 1 amide bonds. The number of anilines is 1. The first kappa shape index (κ1) is 14.8. The Hall–Kier alpha value is -2.57. The van der Waals surface area contributed by atoms with E-state index in [4.69, 9.17) is 14.9 Å². The van der Waals surface area contributed by atoms with Crippen LogP contribution in [-0.4, -0.2) is 40.7 Å². The highest BCUT2D eigenvalue weighted by molar-refractivity contribution is 6.01. The molecule has 21 heavy (non-hydrogen) atoms. The minimum absolute atomic E-state index is 0.0237. The number of nitrogens with zero attached hydrogens (tertiary/aromatic N) is 1. The summed E-state index contributed by atoms with van der Waals surface area (Å²) in [5.41, 5.74) is 1.37. The molecule has 0 saturated heterocycles. The molecule has 0 bridgehead atoms. The summed E-state index contributed by atoms with van der Waals surface area (Å²) in [4.78, 5) is 35.1. The van der Waals surface area contributed by atoms with Crippen molar-refractivity contribution in [2.24, 2.45) is 0 Å². The van der Waals surface area contributed by atoms with Gasteiger partial charge in [0.2, 0.25) is 0 Å². The van der Waals surface area contributed by atoms with Crippen molar-refractivity contribution in [1.82, 2.24) is 0 Å². The van der Waals surface area contributed by atoms with Gasteiger partial charge in [0.15, 0.2) is 6.10 Å². The zero-order chi connectivity index (χ0) is 15.6. The van der Waals surface area contributed by atoms with Gasteiger partial charge in [0, 0.05) is 6.54 Å². The normalized spacial score (nSPS) is 17.1.